The lowest BCUT2D eigenvalue weighted by molar-refractivity contribution is 0.0832. The lowest BCUT2D eigenvalue weighted by Gasteiger charge is -2.23. The Balaban J connectivity index is 1.79. The summed E-state index contributed by atoms with van der Waals surface area (Å²) in [6.07, 6.45) is 3.46. The van der Waals surface area contributed by atoms with Crippen molar-refractivity contribution in [3.8, 4) is 0 Å². The number of rotatable bonds is 3. The van der Waals surface area contributed by atoms with Gasteiger partial charge in [-0.15, -0.1) is 0 Å². The summed E-state index contributed by atoms with van der Waals surface area (Å²) in [7, 11) is -3.43. The number of hydrogen-bond donors (Lipinski definition) is 2. The minimum absolute atomic E-state index is 0.0112. The van der Waals surface area contributed by atoms with Crippen LogP contribution in [0.1, 0.15) is 24.8 Å². The molecule has 20 heavy (non-hydrogen) atoms. The quantitative estimate of drug-likeness (QED) is 0.887. The predicted molar refractivity (Wildman–Crippen MR) is 77.4 cm³/mol. The van der Waals surface area contributed by atoms with Crippen LogP contribution in [0.15, 0.2) is 23.1 Å². The third-order valence-electron chi connectivity index (χ3n) is 3.87. The number of hydrogen-bond acceptors (Lipinski definition) is 4. The molecule has 0 amide bonds. The third kappa shape index (κ3) is 2.97. The van der Waals surface area contributed by atoms with Crippen molar-refractivity contribution in [2.45, 2.75) is 36.6 Å². The molecule has 2 N–H and O–H groups in total. The van der Waals surface area contributed by atoms with E-state index in [-0.39, 0.29) is 6.04 Å². The zero-order valence-electron chi connectivity index (χ0n) is 11.4. The molecule has 3 rings (SSSR count). The molecule has 2 heterocycles. The van der Waals surface area contributed by atoms with Crippen LogP contribution in [0.4, 0.5) is 5.69 Å². The van der Waals surface area contributed by atoms with Crippen LogP contribution in [0, 0.1) is 0 Å². The molecule has 6 heteroatoms. The summed E-state index contributed by atoms with van der Waals surface area (Å²) >= 11 is 0. The Labute approximate surface area is 119 Å². The van der Waals surface area contributed by atoms with E-state index in [0.29, 0.717) is 18.1 Å². The number of ether oxygens (including phenoxy) is 1. The number of anilines is 1. The van der Waals surface area contributed by atoms with Crippen molar-refractivity contribution in [3.63, 3.8) is 0 Å². The molecule has 0 aromatic heterocycles. The molecule has 0 atom stereocenters. The fourth-order valence-electron chi connectivity index (χ4n) is 2.72. The van der Waals surface area contributed by atoms with Gasteiger partial charge in [-0.3, -0.25) is 0 Å². The molecule has 1 saturated heterocycles. The molecule has 1 aromatic rings. The van der Waals surface area contributed by atoms with Crippen LogP contribution in [0.3, 0.4) is 0 Å². The van der Waals surface area contributed by atoms with Crippen LogP contribution in [0.2, 0.25) is 0 Å². The van der Waals surface area contributed by atoms with Crippen molar-refractivity contribution in [3.05, 3.63) is 23.8 Å². The monoisotopic (exact) mass is 296 g/mol. The Morgan fingerprint density at radius 3 is 2.85 bits per heavy atom. The first-order valence-electron chi connectivity index (χ1n) is 7.12. The standard InChI is InChI=1S/C14H20N2O3S/c17-20(18,16-12-5-8-19-9-6-12)13-3-4-14-11(10-13)2-1-7-15-14/h3-4,10,12,15-16H,1-2,5-9H2. The Morgan fingerprint density at radius 2 is 2.05 bits per heavy atom. The second-order valence-electron chi connectivity index (χ2n) is 5.36. The topological polar surface area (TPSA) is 67.4 Å². The van der Waals surface area contributed by atoms with E-state index in [0.717, 1.165) is 43.5 Å². The molecule has 2 aliphatic rings. The maximum atomic E-state index is 12.4. The van der Waals surface area contributed by atoms with Gasteiger partial charge in [-0.05, 0) is 49.4 Å². The van der Waals surface area contributed by atoms with Crippen LogP contribution in [-0.4, -0.2) is 34.2 Å². The first-order valence-corrected chi connectivity index (χ1v) is 8.60. The van der Waals surface area contributed by atoms with Crippen molar-refractivity contribution < 1.29 is 13.2 Å². The Bertz CT molecular complexity index is 580. The average molecular weight is 296 g/mol. The fourth-order valence-corrected chi connectivity index (χ4v) is 4.08. The molecule has 1 aromatic carbocycles. The van der Waals surface area contributed by atoms with Crippen molar-refractivity contribution >= 4 is 15.7 Å². The number of sulfonamides is 1. The molecule has 0 aliphatic carbocycles. The molecule has 0 unspecified atom stereocenters. The van der Waals surface area contributed by atoms with Gasteiger partial charge in [0.25, 0.3) is 0 Å². The highest BCUT2D eigenvalue weighted by Crippen LogP contribution is 2.25. The van der Waals surface area contributed by atoms with E-state index in [2.05, 4.69) is 10.0 Å². The van der Waals surface area contributed by atoms with E-state index in [4.69, 9.17) is 4.74 Å². The molecular formula is C14H20N2O3S. The molecule has 5 nitrogen and oxygen atoms in total. The normalized spacial score (nSPS) is 20.2. The van der Waals surface area contributed by atoms with Gasteiger partial charge in [0, 0.05) is 31.5 Å². The first-order chi connectivity index (χ1) is 9.65. The van der Waals surface area contributed by atoms with Crippen LogP contribution < -0.4 is 10.0 Å². The smallest absolute Gasteiger partial charge is 0.240 e. The molecule has 0 spiro atoms. The van der Waals surface area contributed by atoms with E-state index >= 15 is 0 Å². The molecular weight excluding hydrogens is 276 g/mol. The van der Waals surface area contributed by atoms with Gasteiger partial charge >= 0.3 is 0 Å². The SMILES string of the molecule is O=S(=O)(NC1CCOCC1)c1ccc2c(c1)CCCN2. The van der Waals surface area contributed by atoms with Crippen LogP contribution in [0.5, 0.6) is 0 Å². The molecule has 0 saturated carbocycles. The fraction of sp³-hybridized carbons (Fsp3) is 0.571. The van der Waals surface area contributed by atoms with Gasteiger partial charge in [0.2, 0.25) is 10.0 Å². The Hall–Kier alpha value is -1.11. The minimum Gasteiger partial charge on any atom is -0.385 e. The maximum Gasteiger partial charge on any atom is 0.240 e. The third-order valence-corrected chi connectivity index (χ3v) is 5.39. The van der Waals surface area contributed by atoms with Crippen LogP contribution >= 0.6 is 0 Å². The maximum absolute atomic E-state index is 12.4. The summed E-state index contributed by atoms with van der Waals surface area (Å²) in [5.41, 5.74) is 2.15. The summed E-state index contributed by atoms with van der Waals surface area (Å²) in [5, 5.41) is 3.29. The highest BCUT2D eigenvalue weighted by atomic mass is 32.2. The number of aryl methyl sites for hydroxylation is 1. The van der Waals surface area contributed by atoms with Crippen molar-refractivity contribution in [2.75, 3.05) is 25.1 Å². The van der Waals surface area contributed by atoms with Crippen LogP contribution in [-0.2, 0) is 21.2 Å². The molecule has 0 radical (unpaired) electrons. The van der Waals surface area contributed by atoms with Crippen molar-refractivity contribution in [1.82, 2.24) is 4.72 Å². The van der Waals surface area contributed by atoms with Gasteiger partial charge in [0.05, 0.1) is 4.90 Å². The van der Waals surface area contributed by atoms with E-state index < -0.39 is 10.0 Å². The Morgan fingerprint density at radius 1 is 1.25 bits per heavy atom. The molecule has 110 valence electrons. The van der Waals surface area contributed by atoms with Crippen molar-refractivity contribution in [2.24, 2.45) is 0 Å². The highest BCUT2D eigenvalue weighted by Gasteiger charge is 2.23. The second-order valence-corrected chi connectivity index (χ2v) is 7.07. The Kier molecular flexibility index (Phi) is 3.96. The van der Waals surface area contributed by atoms with Crippen LogP contribution in [0.25, 0.3) is 0 Å². The number of fused-ring (bicyclic) bond motifs is 1. The lowest BCUT2D eigenvalue weighted by atomic mass is 10.0. The van der Waals surface area contributed by atoms with Gasteiger partial charge in [0.15, 0.2) is 0 Å². The number of nitrogens with one attached hydrogen (secondary N) is 2. The summed E-state index contributed by atoms with van der Waals surface area (Å²) < 4.78 is 32.9. The van der Waals surface area contributed by atoms with Gasteiger partial charge in [-0.25, -0.2) is 13.1 Å². The second kappa shape index (κ2) is 5.71. The average Bonchev–Trinajstić information content (AvgIpc) is 2.47. The molecule has 2 aliphatic heterocycles. The first kappa shape index (κ1) is 13.9. The zero-order valence-corrected chi connectivity index (χ0v) is 12.2. The van der Waals surface area contributed by atoms with E-state index in [1.807, 2.05) is 6.07 Å². The number of benzene rings is 1. The zero-order chi connectivity index (χ0) is 14.0. The molecule has 0 bridgehead atoms. The summed E-state index contributed by atoms with van der Waals surface area (Å²) in [4.78, 5) is 0.367. The summed E-state index contributed by atoms with van der Waals surface area (Å²) in [6.45, 7) is 2.21. The lowest BCUT2D eigenvalue weighted by Crippen LogP contribution is -2.38. The van der Waals surface area contributed by atoms with Gasteiger partial charge < -0.3 is 10.1 Å². The van der Waals surface area contributed by atoms with Gasteiger partial charge in [0.1, 0.15) is 0 Å². The van der Waals surface area contributed by atoms with E-state index in [1.165, 1.54) is 0 Å². The summed E-state index contributed by atoms with van der Waals surface area (Å²) in [5.74, 6) is 0. The minimum atomic E-state index is -3.43. The van der Waals surface area contributed by atoms with Gasteiger partial charge in [-0.1, -0.05) is 0 Å². The van der Waals surface area contributed by atoms with Gasteiger partial charge in [-0.2, -0.15) is 0 Å². The highest BCUT2D eigenvalue weighted by molar-refractivity contribution is 7.89. The van der Waals surface area contributed by atoms with E-state index in [9.17, 15) is 8.42 Å². The summed E-state index contributed by atoms with van der Waals surface area (Å²) in [6, 6.07) is 5.33. The van der Waals surface area contributed by atoms with Crippen molar-refractivity contribution in [1.29, 1.82) is 0 Å². The molecule has 1 fully saturated rings. The largest absolute Gasteiger partial charge is 0.385 e. The van der Waals surface area contributed by atoms with E-state index in [1.54, 1.807) is 12.1 Å². The predicted octanol–water partition coefficient (Wildman–Crippen LogP) is 1.50.